The molecule has 1 aromatic carbocycles. The van der Waals surface area contributed by atoms with Crippen molar-refractivity contribution in [3.05, 3.63) is 46.2 Å². The van der Waals surface area contributed by atoms with Crippen LogP contribution in [0.2, 0.25) is 0 Å². The molecule has 0 unspecified atom stereocenters. The monoisotopic (exact) mass is 359 g/mol. The van der Waals surface area contributed by atoms with Gasteiger partial charge in [-0.05, 0) is 31.9 Å². The van der Waals surface area contributed by atoms with Crippen LogP contribution in [0.3, 0.4) is 0 Å². The van der Waals surface area contributed by atoms with Crippen molar-refractivity contribution in [2.45, 2.75) is 36.2 Å². The summed E-state index contributed by atoms with van der Waals surface area (Å²) in [5, 5.41) is 27.1. The number of rotatable bonds is 6. The standard InChI is InChI=1S/C15H13N5O4S/c1-8(25-15-19-18-14(24-15)9-2-3-9)12-16-17-13(23-12)10-4-6-11(7-5-10)20(21)22/h4-9H,2-3H2,1H3/t8-/m1/s1. The fraction of sp³-hybridized carbons (Fsp3) is 0.333. The molecule has 1 saturated carbocycles. The SMILES string of the molecule is C[C@@H](Sc1nnc(C2CC2)o1)c1nnc(-c2ccc([N+](=O)[O-])cc2)o1. The predicted molar refractivity (Wildman–Crippen MR) is 86.9 cm³/mol. The number of non-ortho nitro benzene ring substituents is 1. The van der Waals surface area contributed by atoms with E-state index in [1.54, 1.807) is 12.1 Å². The maximum absolute atomic E-state index is 10.7. The highest BCUT2D eigenvalue weighted by molar-refractivity contribution is 7.99. The molecular formula is C15H13N5O4S. The van der Waals surface area contributed by atoms with Crippen molar-refractivity contribution in [1.29, 1.82) is 0 Å². The average Bonchev–Trinajstić information content (AvgIpc) is 3.16. The van der Waals surface area contributed by atoms with E-state index < -0.39 is 4.92 Å². The van der Waals surface area contributed by atoms with Crippen molar-refractivity contribution in [1.82, 2.24) is 20.4 Å². The number of hydrogen-bond donors (Lipinski definition) is 0. The molecule has 0 N–H and O–H groups in total. The van der Waals surface area contributed by atoms with Gasteiger partial charge in [0.25, 0.3) is 10.9 Å². The smallest absolute Gasteiger partial charge is 0.277 e. The Bertz CT molecular complexity index is 903. The molecule has 9 nitrogen and oxygen atoms in total. The molecule has 4 rings (SSSR count). The second kappa shape index (κ2) is 6.28. The van der Waals surface area contributed by atoms with Crippen LogP contribution in [0.25, 0.3) is 11.5 Å². The van der Waals surface area contributed by atoms with Crippen LogP contribution in [0.15, 0.2) is 38.3 Å². The molecule has 1 aliphatic rings. The van der Waals surface area contributed by atoms with Gasteiger partial charge in [-0.25, -0.2) is 0 Å². The zero-order valence-corrected chi connectivity index (χ0v) is 14.0. The highest BCUT2D eigenvalue weighted by Gasteiger charge is 2.30. The third kappa shape index (κ3) is 3.38. The van der Waals surface area contributed by atoms with Crippen LogP contribution in [0.5, 0.6) is 0 Å². The fourth-order valence-electron chi connectivity index (χ4n) is 2.21. The number of thioether (sulfide) groups is 1. The largest absolute Gasteiger partial charge is 0.419 e. The van der Waals surface area contributed by atoms with Gasteiger partial charge >= 0.3 is 0 Å². The molecule has 10 heteroatoms. The Balaban J connectivity index is 1.46. The quantitative estimate of drug-likeness (QED) is 0.368. The van der Waals surface area contributed by atoms with Gasteiger partial charge in [0.05, 0.1) is 10.2 Å². The Morgan fingerprint density at radius 2 is 1.92 bits per heavy atom. The number of nitro benzene ring substituents is 1. The average molecular weight is 359 g/mol. The number of hydrogen-bond acceptors (Lipinski definition) is 9. The molecule has 128 valence electrons. The zero-order valence-electron chi connectivity index (χ0n) is 13.2. The molecule has 0 saturated heterocycles. The summed E-state index contributed by atoms with van der Waals surface area (Å²) in [7, 11) is 0. The lowest BCUT2D eigenvalue weighted by Gasteiger charge is -2.01. The van der Waals surface area contributed by atoms with Gasteiger partial charge in [0.2, 0.25) is 17.7 Å². The maximum atomic E-state index is 10.7. The zero-order chi connectivity index (χ0) is 17.4. The third-order valence-corrected chi connectivity index (χ3v) is 4.66. The molecule has 2 aromatic heterocycles. The molecule has 1 atom stereocenters. The lowest BCUT2D eigenvalue weighted by molar-refractivity contribution is -0.384. The van der Waals surface area contributed by atoms with Crippen molar-refractivity contribution in [3.8, 4) is 11.5 Å². The van der Waals surface area contributed by atoms with Gasteiger partial charge in [-0.15, -0.1) is 20.4 Å². The van der Waals surface area contributed by atoms with Gasteiger partial charge in [0, 0.05) is 23.6 Å². The molecular weight excluding hydrogens is 346 g/mol. The summed E-state index contributed by atoms with van der Waals surface area (Å²) < 4.78 is 11.3. The van der Waals surface area contributed by atoms with E-state index in [-0.39, 0.29) is 10.9 Å². The summed E-state index contributed by atoms with van der Waals surface area (Å²) in [6.45, 7) is 1.90. The van der Waals surface area contributed by atoms with E-state index in [9.17, 15) is 10.1 Å². The van der Waals surface area contributed by atoms with E-state index in [0.29, 0.717) is 34.4 Å². The lowest BCUT2D eigenvalue weighted by Crippen LogP contribution is -1.88. The highest BCUT2D eigenvalue weighted by Crippen LogP contribution is 2.41. The summed E-state index contributed by atoms with van der Waals surface area (Å²) >= 11 is 1.35. The van der Waals surface area contributed by atoms with Crippen molar-refractivity contribution in [2.24, 2.45) is 0 Å². The first-order valence-electron chi connectivity index (χ1n) is 7.68. The van der Waals surface area contributed by atoms with Gasteiger partial charge in [-0.2, -0.15) is 0 Å². The molecule has 25 heavy (non-hydrogen) atoms. The molecule has 0 radical (unpaired) electrons. The molecule has 1 aliphatic carbocycles. The van der Waals surface area contributed by atoms with Gasteiger partial charge < -0.3 is 8.83 Å². The van der Waals surface area contributed by atoms with E-state index in [0.717, 1.165) is 12.8 Å². The fourth-order valence-corrected chi connectivity index (χ4v) is 2.93. The van der Waals surface area contributed by atoms with E-state index in [2.05, 4.69) is 20.4 Å². The molecule has 0 spiro atoms. The first kappa shape index (κ1) is 15.8. The van der Waals surface area contributed by atoms with Crippen molar-refractivity contribution in [3.63, 3.8) is 0 Å². The van der Waals surface area contributed by atoms with Crippen LogP contribution >= 0.6 is 11.8 Å². The Morgan fingerprint density at radius 3 is 2.60 bits per heavy atom. The van der Waals surface area contributed by atoms with E-state index in [4.69, 9.17) is 8.83 Å². The lowest BCUT2D eigenvalue weighted by atomic mass is 10.2. The second-order valence-corrected chi connectivity index (χ2v) is 6.98. The topological polar surface area (TPSA) is 121 Å². The number of nitro groups is 1. The van der Waals surface area contributed by atoms with Crippen LogP contribution in [-0.2, 0) is 0 Å². The summed E-state index contributed by atoms with van der Waals surface area (Å²) in [4.78, 5) is 10.2. The Labute approximate surface area is 146 Å². The Hall–Kier alpha value is -2.75. The summed E-state index contributed by atoms with van der Waals surface area (Å²) in [5.41, 5.74) is 0.630. The normalized spacial score (nSPS) is 15.2. The second-order valence-electron chi connectivity index (χ2n) is 5.69. The highest BCUT2D eigenvalue weighted by atomic mass is 32.2. The Morgan fingerprint density at radius 1 is 1.16 bits per heavy atom. The molecule has 2 heterocycles. The minimum Gasteiger partial charge on any atom is -0.419 e. The minimum atomic E-state index is -0.456. The maximum Gasteiger partial charge on any atom is 0.277 e. The Kier molecular flexibility index (Phi) is 3.96. The molecule has 0 aliphatic heterocycles. The van der Waals surface area contributed by atoms with Crippen molar-refractivity contribution in [2.75, 3.05) is 0 Å². The first-order chi connectivity index (χ1) is 12.1. The van der Waals surface area contributed by atoms with Crippen molar-refractivity contribution < 1.29 is 13.8 Å². The van der Waals surface area contributed by atoms with Crippen LogP contribution in [0.4, 0.5) is 5.69 Å². The number of aromatic nitrogens is 4. The van der Waals surface area contributed by atoms with Crippen LogP contribution < -0.4 is 0 Å². The van der Waals surface area contributed by atoms with Crippen molar-refractivity contribution >= 4 is 17.4 Å². The van der Waals surface area contributed by atoms with E-state index >= 15 is 0 Å². The van der Waals surface area contributed by atoms with Crippen LogP contribution in [0.1, 0.15) is 42.7 Å². The van der Waals surface area contributed by atoms with E-state index in [1.165, 1.54) is 23.9 Å². The summed E-state index contributed by atoms with van der Waals surface area (Å²) in [6.07, 6.45) is 2.20. The number of nitrogens with zero attached hydrogens (tertiary/aromatic N) is 5. The molecule has 0 bridgehead atoms. The summed E-state index contributed by atoms with van der Waals surface area (Å²) in [5.74, 6) is 1.83. The summed E-state index contributed by atoms with van der Waals surface area (Å²) in [6, 6.07) is 5.95. The van der Waals surface area contributed by atoms with E-state index in [1.807, 2.05) is 6.92 Å². The first-order valence-corrected chi connectivity index (χ1v) is 8.56. The van der Waals surface area contributed by atoms with Gasteiger partial charge in [-0.3, -0.25) is 10.1 Å². The van der Waals surface area contributed by atoms with Gasteiger partial charge in [-0.1, -0.05) is 11.8 Å². The van der Waals surface area contributed by atoms with Gasteiger partial charge in [0.15, 0.2) is 0 Å². The minimum absolute atomic E-state index is 0.00951. The molecule has 1 fully saturated rings. The predicted octanol–water partition coefficient (Wildman–Crippen LogP) is 3.76. The molecule has 3 aromatic rings. The third-order valence-electron chi connectivity index (χ3n) is 3.74. The van der Waals surface area contributed by atoms with Crippen LogP contribution in [0, 0.1) is 10.1 Å². The number of benzene rings is 1. The van der Waals surface area contributed by atoms with Crippen LogP contribution in [-0.4, -0.2) is 25.3 Å². The molecule has 0 amide bonds. The van der Waals surface area contributed by atoms with Gasteiger partial charge in [0.1, 0.15) is 0 Å².